The van der Waals surface area contributed by atoms with E-state index < -0.39 is 0 Å². The van der Waals surface area contributed by atoms with Crippen LogP contribution in [0.25, 0.3) is 52.3 Å². The molecule has 3 aromatic heterocycles. The summed E-state index contributed by atoms with van der Waals surface area (Å²) in [6.07, 6.45) is 1.97. The van der Waals surface area contributed by atoms with Gasteiger partial charge in [0.15, 0.2) is 0 Å². The second-order valence-corrected chi connectivity index (χ2v) is 11.3. The molecule has 3 aromatic carbocycles. The number of hydrogen-bond donors (Lipinski definition) is 0. The van der Waals surface area contributed by atoms with Crippen LogP contribution in [0.1, 0.15) is 31.9 Å². The standard InChI is InChI=1S/C28H23NS2/c1-16-15-30-26-19(16)9-10-21-22-11-12-29-24(25(22)31-27(21)26)18-13-17-7-5-6-8-20(17)23(14-18)28(2,3)4/h5-15H,1-4H3. The second kappa shape index (κ2) is 6.62. The van der Waals surface area contributed by atoms with Gasteiger partial charge >= 0.3 is 0 Å². The van der Waals surface area contributed by atoms with Crippen LogP contribution in [0.3, 0.4) is 0 Å². The molecule has 0 aliphatic carbocycles. The number of rotatable bonds is 1. The van der Waals surface area contributed by atoms with Crippen molar-refractivity contribution in [3.8, 4) is 11.3 Å². The Balaban J connectivity index is 1.70. The number of aromatic nitrogens is 1. The van der Waals surface area contributed by atoms with E-state index in [2.05, 4.69) is 87.7 Å². The summed E-state index contributed by atoms with van der Waals surface area (Å²) in [6, 6.07) is 20.1. The lowest BCUT2D eigenvalue weighted by molar-refractivity contribution is 0.596. The zero-order valence-electron chi connectivity index (χ0n) is 18.1. The zero-order chi connectivity index (χ0) is 21.3. The van der Waals surface area contributed by atoms with Gasteiger partial charge < -0.3 is 0 Å². The molecule has 152 valence electrons. The summed E-state index contributed by atoms with van der Waals surface area (Å²) >= 11 is 3.75. The summed E-state index contributed by atoms with van der Waals surface area (Å²) in [5, 5.41) is 8.91. The van der Waals surface area contributed by atoms with Crippen molar-refractivity contribution >= 4 is 63.7 Å². The Bertz CT molecular complexity index is 1630. The highest BCUT2D eigenvalue weighted by Crippen LogP contribution is 2.45. The molecule has 0 atom stereocenters. The molecule has 0 unspecified atom stereocenters. The summed E-state index contributed by atoms with van der Waals surface area (Å²) in [7, 11) is 0. The molecule has 0 radical (unpaired) electrons. The Morgan fingerprint density at radius 1 is 0.774 bits per heavy atom. The fraction of sp³-hybridized carbons (Fsp3) is 0.179. The van der Waals surface area contributed by atoms with Crippen LogP contribution in [0.15, 0.2) is 66.2 Å². The van der Waals surface area contributed by atoms with Gasteiger partial charge in [0.1, 0.15) is 0 Å². The molecule has 3 heterocycles. The van der Waals surface area contributed by atoms with Gasteiger partial charge in [-0.25, -0.2) is 0 Å². The summed E-state index contributed by atoms with van der Waals surface area (Å²) in [5.74, 6) is 0. The minimum Gasteiger partial charge on any atom is -0.255 e. The van der Waals surface area contributed by atoms with Crippen LogP contribution in [-0.2, 0) is 5.41 Å². The van der Waals surface area contributed by atoms with E-state index in [-0.39, 0.29) is 5.41 Å². The molecule has 6 aromatic rings. The number of fused-ring (bicyclic) bond motifs is 6. The van der Waals surface area contributed by atoms with E-state index in [9.17, 15) is 0 Å². The van der Waals surface area contributed by atoms with Gasteiger partial charge in [-0.05, 0) is 63.2 Å². The zero-order valence-corrected chi connectivity index (χ0v) is 19.7. The van der Waals surface area contributed by atoms with Crippen molar-refractivity contribution in [1.29, 1.82) is 0 Å². The average Bonchev–Trinajstić information content (AvgIpc) is 3.32. The third kappa shape index (κ3) is 2.84. The number of benzene rings is 3. The maximum absolute atomic E-state index is 4.90. The molecule has 6 rings (SSSR count). The van der Waals surface area contributed by atoms with Crippen LogP contribution in [0, 0.1) is 6.92 Å². The predicted octanol–water partition coefficient (Wildman–Crippen LogP) is 9.09. The van der Waals surface area contributed by atoms with E-state index in [1.165, 1.54) is 57.7 Å². The fourth-order valence-corrected chi connectivity index (χ4v) is 7.17. The van der Waals surface area contributed by atoms with E-state index >= 15 is 0 Å². The molecule has 1 nitrogen and oxygen atoms in total. The lowest BCUT2D eigenvalue weighted by Crippen LogP contribution is -2.12. The summed E-state index contributed by atoms with van der Waals surface area (Å²) in [6.45, 7) is 9.08. The highest BCUT2D eigenvalue weighted by Gasteiger charge is 2.20. The Morgan fingerprint density at radius 2 is 1.55 bits per heavy atom. The first-order chi connectivity index (χ1) is 14.9. The third-order valence-electron chi connectivity index (χ3n) is 6.23. The summed E-state index contributed by atoms with van der Waals surface area (Å²) in [4.78, 5) is 4.90. The molecule has 0 N–H and O–H groups in total. The van der Waals surface area contributed by atoms with E-state index in [0.29, 0.717) is 0 Å². The van der Waals surface area contributed by atoms with Crippen LogP contribution >= 0.6 is 22.7 Å². The molecule has 31 heavy (non-hydrogen) atoms. The first-order valence-electron chi connectivity index (χ1n) is 10.6. The average molecular weight is 438 g/mol. The van der Waals surface area contributed by atoms with Crippen molar-refractivity contribution in [3.05, 3.63) is 77.3 Å². The van der Waals surface area contributed by atoms with Gasteiger partial charge in [0, 0.05) is 22.5 Å². The van der Waals surface area contributed by atoms with Crippen molar-refractivity contribution < 1.29 is 0 Å². The molecule has 0 spiro atoms. The van der Waals surface area contributed by atoms with Gasteiger partial charge in [-0.3, -0.25) is 4.98 Å². The number of pyridine rings is 1. The van der Waals surface area contributed by atoms with Gasteiger partial charge in [0.2, 0.25) is 0 Å². The van der Waals surface area contributed by atoms with Crippen LogP contribution in [0.5, 0.6) is 0 Å². The number of nitrogens with zero attached hydrogens (tertiary/aromatic N) is 1. The topological polar surface area (TPSA) is 12.9 Å². The first-order valence-corrected chi connectivity index (χ1v) is 12.3. The minimum atomic E-state index is 0.0599. The lowest BCUT2D eigenvalue weighted by atomic mass is 9.82. The molecule has 0 bridgehead atoms. The predicted molar refractivity (Wildman–Crippen MR) is 139 cm³/mol. The Hall–Kier alpha value is -2.75. The number of thiophene rings is 2. The highest BCUT2D eigenvalue weighted by molar-refractivity contribution is 7.31. The molecular weight excluding hydrogens is 414 g/mol. The Labute approximate surface area is 190 Å². The van der Waals surface area contributed by atoms with Crippen molar-refractivity contribution in [2.45, 2.75) is 33.1 Å². The molecule has 0 saturated carbocycles. The van der Waals surface area contributed by atoms with E-state index in [0.717, 1.165) is 5.69 Å². The van der Waals surface area contributed by atoms with Crippen LogP contribution in [0.2, 0.25) is 0 Å². The maximum Gasteiger partial charge on any atom is 0.0880 e. The van der Waals surface area contributed by atoms with Crippen LogP contribution in [-0.4, -0.2) is 4.98 Å². The van der Waals surface area contributed by atoms with Gasteiger partial charge in [-0.15, -0.1) is 22.7 Å². The van der Waals surface area contributed by atoms with Gasteiger partial charge in [-0.2, -0.15) is 0 Å². The maximum atomic E-state index is 4.90. The Morgan fingerprint density at radius 3 is 2.39 bits per heavy atom. The van der Waals surface area contributed by atoms with Gasteiger partial charge in [0.05, 0.1) is 19.8 Å². The Kier molecular flexibility index (Phi) is 4.05. The molecule has 0 fully saturated rings. The van der Waals surface area contributed by atoms with Gasteiger partial charge in [-0.1, -0.05) is 57.2 Å². The summed E-state index contributed by atoms with van der Waals surface area (Å²) in [5.41, 5.74) is 5.10. The smallest absolute Gasteiger partial charge is 0.0880 e. The monoisotopic (exact) mass is 437 g/mol. The largest absolute Gasteiger partial charge is 0.255 e. The molecule has 0 saturated heterocycles. The molecule has 3 heteroatoms. The van der Waals surface area contributed by atoms with Crippen molar-refractivity contribution in [2.75, 3.05) is 0 Å². The molecule has 0 amide bonds. The number of hydrogen-bond acceptors (Lipinski definition) is 3. The minimum absolute atomic E-state index is 0.0599. The van der Waals surface area contributed by atoms with Crippen molar-refractivity contribution in [3.63, 3.8) is 0 Å². The first kappa shape index (κ1) is 19.0. The van der Waals surface area contributed by atoms with E-state index in [1.807, 2.05) is 28.9 Å². The third-order valence-corrected chi connectivity index (χ3v) is 8.74. The summed E-state index contributed by atoms with van der Waals surface area (Å²) < 4.78 is 4.07. The van der Waals surface area contributed by atoms with Crippen molar-refractivity contribution in [1.82, 2.24) is 4.98 Å². The quantitative estimate of drug-likeness (QED) is 0.250. The molecular formula is C28H23NS2. The van der Waals surface area contributed by atoms with Crippen LogP contribution < -0.4 is 0 Å². The van der Waals surface area contributed by atoms with E-state index in [4.69, 9.17) is 4.98 Å². The van der Waals surface area contributed by atoms with E-state index in [1.54, 1.807) is 0 Å². The number of aryl methyl sites for hydroxylation is 1. The highest BCUT2D eigenvalue weighted by atomic mass is 32.1. The molecule has 0 aliphatic heterocycles. The normalized spacial score (nSPS) is 12.5. The second-order valence-electron chi connectivity index (χ2n) is 9.37. The fourth-order valence-electron chi connectivity index (χ4n) is 4.65. The van der Waals surface area contributed by atoms with Gasteiger partial charge in [0.25, 0.3) is 0 Å². The van der Waals surface area contributed by atoms with Crippen LogP contribution in [0.4, 0.5) is 0 Å². The lowest BCUT2D eigenvalue weighted by Gasteiger charge is -2.22. The SMILES string of the molecule is Cc1csc2c1ccc1c3ccnc(-c4cc(C(C)(C)C)c5ccccc5c4)c3sc12. The molecule has 0 aliphatic rings. The van der Waals surface area contributed by atoms with Crippen molar-refractivity contribution in [2.24, 2.45) is 0 Å².